The van der Waals surface area contributed by atoms with Crippen molar-refractivity contribution in [2.75, 3.05) is 5.75 Å². The molecular formula is C13H14FN3O3S. The lowest BCUT2D eigenvalue weighted by atomic mass is 10.1. The van der Waals surface area contributed by atoms with Crippen LogP contribution in [-0.4, -0.2) is 36.7 Å². The number of hydrogen-bond donors (Lipinski definition) is 2. The molecule has 0 unspecified atom stereocenters. The van der Waals surface area contributed by atoms with Crippen LogP contribution in [0, 0.1) is 5.82 Å². The zero-order valence-electron chi connectivity index (χ0n) is 11.1. The normalized spacial score (nSPS) is 10.8. The van der Waals surface area contributed by atoms with Gasteiger partial charge in [0.05, 0.1) is 5.75 Å². The molecule has 112 valence electrons. The standard InChI is InChI=1S/C13H14FN3O3S/c14-10-3-1-9(2-4-10)5-6-17-11(7-18)15-16-13(17)21-8-12(19)20/h1-4,18H,5-8H2,(H,19,20). The molecule has 0 atom stereocenters. The first-order chi connectivity index (χ1) is 10.1. The number of nitrogens with zero attached hydrogens (tertiary/aromatic N) is 3. The van der Waals surface area contributed by atoms with Crippen LogP contribution in [0.1, 0.15) is 11.4 Å². The van der Waals surface area contributed by atoms with E-state index in [1.165, 1.54) is 12.1 Å². The maximum Gasteiger partial charge on any atom is 0.313 e. The summed E-state index contributed by atoms with van der Waals surface area (Å²) in [6.07, 6.45) is 0.603. The van der Waals surface area contributed by atoms with Gasteiger partial charge in [-0.3, -0.25) is 4.79 Å². The monoisotopic (exact) mass is 311 g/mol. The Morgan fingerprint density at radius 2 is 2.00 bits per heavy atom. The van der Waals surface area contributed by atoms with Crippen molar-refractivity contribution in [3.8, 4) is 0 Å². The minimum absolute atomic E-state index is 0.125. The van der Waals surface area contributed by atoms with Crippen LogP contribution in [0.25, 0.3) is 0 Å². The van der Waals surface area contributed by atoms with Gasteiger partial charge < -0.3 is 14.8 Å². The lowest BCUT2D eigenvalue weighted by Gasteiger charge is -2.08. The third-order valence-corrected chi connectivity index (χ3v) is 3.75. The molecule has 0 aliphatic heterocycles. The number of aliphatic carboxylic acids is 1. The van der Waals surface area contributed by atoms with Crippen molar-refractivity contribution in [3.63, 3.8) is 0 Å². The van der Waals surface area contributed by atoms with E-state index in [9.17, 15) is 14.3 Å². The summed E-state index contributed by atoms with van der Waals surface area (Å²) in [7, 11) is 0. The van der Waals surface area contributed by atoms with E-state index in [0.29, 0.717) is 23.9 Å². The quantitative estimate of drug-likeness (QED) is 0.750. The van der Waals surface area contributed by atoms with E-state index in [1.807, 2.05) is 0 Å². The molecule has 0 aliphatic carbocycles. The zero-order chi connectivity index (χ0) is 15.2. The number of carboxylic acid groups (broad SMARTS) is 1. The number of hydrogen-bond acceptors (Lipinski definition) is 5. The van der Waals surface area contributed by atoms with Crippen molar-refractivity contribution in [3.05, 3.63) is 41.5 Å². The van der Waals surface area contributed by atoms with Gasteiger partial charge in [-0.2, -0.15) is 0 Å². The Balaban J connectivity index is 2.08. The maximum absolute atomic E-state index is 12.8. The fraction of sp³-hybridized carbons (Fsp3) is 0.308. The highest BCUT2D eigenvalue weighted by atomic mass is 32.2. The fourth-order valence-corrected chi connectivity index (χ4v) is 2.49. The molecule has 0 spiro atoms. The summed E-state index contributed by atoms with van der Waals surface area (Å²) in [5.41, 5.74) is 0.933. The van der Waals surface area contributed by atoms with Crippen LogP contribution in [0.15, 0.2) is 29.4 Å². The molecule has 0 aliphatic rings. The van der Waals surface area contributed by atoms with Gasteiger partial charge in [0.25, 0.3) is 0 Å². The summed E-state index contributed by atoms with van der Waals surface area (Å²) < 4.78 is 14.5. The number of halogens is 1. The van der Waals surface area contributed by atoms with Gasteiger partial charge in [-0.25, -0.2) is 4.39 Å². The van der Waals surface area contributed by atoms with Gasteiger partial charge >= 0.3 is 5.97 Å². The number of aromatic nitrogens is 3. The van der Waals surface area contributed by atoms with Crippen LogP contribution in [-0.2, 0) is 24.4 Å². The molecule has 0 fully saturated rings. The van der Waals surface area contributed by atoms with Gasteiger partial charge in [0.15, 0.2) is 11.0 Å². The molecule has 8 heteroatoms. The van der Waals surface area contributed by atoms with Crippen LogP contribution in [0.4, 0.5) is 4.39 Å². The smallest absolute Gasteiger partial charge is 0.313 e. The molecule has 0 saturated heterocycles. The minimum Gasteiger partial charge on any atom is -0.481 e. The third-order valence-electron chi connectivity index (χ3n) is 2.80. The van der Waals surface area contributed by atoms with Crippen LogP contribution < -0.4 is 0 Å². The van der Waals surface area contributed by atoms with E-state index >= 15 is 0 Å². The largest absolute Gasteiger partial charge is 0.481 e. The van der Waals surface area contributed by atoms with E-state index in [0.717, 1.165) is 17.3 Å². The van der Waals surface area contributed by atoms with Crippen molar-refractivity contribution in [1.29, 1.82) is 0 Å². The first-order valence-corrected chi connectivity index (χ1v) is 7.20. The predicted molar refractivity (Wildman–Crippen MR) is 74.4 cm³/mol. The fourth-order valence-electron chi connectivity index (χ4n) is 1.79. The Bertz CT molecular complexity index is 616. The number of aryl methyl sites for hydroxylation is 1. The Hall–Kier alpha value is -1.93. The summed E-state index contributed by atoms with van der Waals surface area (Å²) in [6.45, 7) is 0.209. The zero-order valence-corrected chi connectivity index (χ0v) is 11.9. The van der Waals surface area contributed by atoms with E-state index in [4.69, 9.17) is 5.11 Å². The van der Waals surface area contributed by atoms with Gasteiger partial charge in [0, 0.05) is 6.54 Å². The molecule has 1 aromatic heterocycles. The molecule has 2 rings (SSSR count). The van der Waals surface area contributed by atoms with E-state index in [2.05, 4.69) is 10.2 Å². The number of carboxylic acids is 1. The number of rotatable bonds is 7. The minimum atomic E-state index is -0.946. The highest BCUT2D eigenvalue weighted by molar-refractivity contribution is 7.99. The number of aliphatic hydroxyl groups excluding tert-OH is 1. The van der Waals surface area contributed by atoms with Crippen molar-refractivity contribution in [2.24, 2.45) is 0 Å². The molecule has 0 bridgehead atoms. The summed E-state index contributed by atoms with van der Waals surface area (Å²) in [5.74, 6) is -0.986. The van der Waals surface area contributed by atoms with Crippen molar-refractivity contribution in [1.82, 2.24) is 14.8 Å². The molecule has 21 heavy (non-hydrogen) atoms. The average Bonchev–Trinajstić information content (AvgIpc) is 2.86. The molecule has 1 aromatic carbocycles. The molecule has 0 radical (unpaired) electrons. The topological polar surface area (TPSA) is 88.2 Å². The number of thioether (sulfide) groups is 1. The van der Waals surface area contributed by atoms with Gasteiger partial charge in [-0.05, 0) is 24.1 Å². The summed E-state index contributed by atoms with van der Waals surface area (Å²) in [5, 5.41) is 26.1. The highest BCUT2D eigenvalue weighted by Crippen LogP contribution is 2.18. The average molecular weight is 311 g/mol. The van der Waals surface area contributed by atoms with Crippen LogP contribution in [0.3, 0.4) is 0 Å². The van der Waals surface area contributed by atoms with Gasteiger partial charge in [0.1, 0.15) is 12.4 Å². The van der Waals surface area contributed by atoms with Crippen LogP contribution in [0.2, 0.25) is 0 Å². The van der Waals surface area contributed by atoms with Gasteiger partial charge in [-0.15, -0.1) is 10.2 Å². The Labute approximate surface area is 124 Å². The Morgan fingerprint density at radius 1 is 1.29 bits per heavy atom. The first kappa shape index (κ1) is 15.5. The lowest BCUT2D eigenvalue weighted by molar-refractivity contribution is -0.133. The highest BCUT2D eigenvalue weighted by Gasteiger charge is 2.13. The molecule has 0 amide bonds. The van der Waals surface area contributed by atoms with Gasteiger partial charge in [0.2, 0.25) is 0 Å². The SMILES string of the molecule is O=C(O)CSc1nnc(CO)n1CCc1ccc(F)cc1. The molecule has 2 N–H and O–H groups in total. The van der Waals surface area contributed by atoms with Gasteiger partial charge in [-0.1, -0.05) is 23.9 Å². The summed E-state index contributed by atoms with van der Waals surface area (Å²) in [4.78, 5) is 10.6. The molecule has 6 nitrogen and oxygen atoms in total. The summed E-state index contributed by atoms with van der Waals surface area (Å²) >= 11 is 1.05. The number of aliphatic hydroxyl groups is 1. The predicted octanol–water partition coefficient (Wildman–Crippen LogP) is 1.33. The summed E-state index contributed by atoms with van der Waals surface area (Å²) in [6, 6.07) is 6.13. The van der Waals surface area contributed by atoms with Crippen LogP contribution >= 0.6 is 11.8 Å². The van der Waals surface area contributed by atoms with Crippen LogP contribution in [0.5, 0.6) is 0 Å². The molecule has 2 aromatic rings. The Kier molecular flexibility index (Phi) is 5.29. The van der Waals surface area contributed by atoms with Crippen molar-refractivity contribution >= 4 is 17.7 Å². The first-order valence-electron chi connectivity index (χ1n) is 6.22. The number of benzene rings is 1. The number of carbonyl (C=O) groups is 1. The van der Waals surface area contributed by atoms with E-state index in [-0.39, 0.29) is 18.2 Å². The van der Waals surface area contributed by atoms with Crippen molar-refractivity contribution < 1.29 is 19.4 Å². The Morgan fingerprint density at radius 3 is 2.62 bits per heavy atom. The van der Waals surface area contributed by atoms with E-state index in [1.54, 1.807) is 16.7 Å². The second-order valence-electron chi connectivity index (χ2n) is 4.27. The van der Waals surface area contributed by atoms with Crippen molar-refractivity contribution in [2.45, 2.75) is 24.7 Å². The molecular weight excluding hydrogens is 297 g/mol. The molecule has 1 heterocycles. The lowest BCUT2D eigenvalue weighted by Crippen LogP contribution is -2.09. The second-order valence-corrected chi connectivity index (χ2v) is 5.21. The third kappa shape index (κ3) is 4.27. The van der Waals surface area contributed by atoms with E-state index < -0.39 is 5.97 Å². The molecule has 0 saturated carbocycles. The maximum atomic E-state index is 12.8. The second kappa shape index (κ2) is 7.19.